The van der Waals surface area contributed by atoms with Gasteiger partial charge in [-0.3, -0.25) is 4.79 Å². The predicted molar refractivity (Wildman–Crippen MR) is 171 cm³/mol. The molecule has 0 saturated carbocycles. The number of Topliss-reactive ketones (excluding diaryl/α,β-unsaturated/α-hetero) is 1. The van der Waals surface area contributed by atoms with Crippen LogP contribution in [0.2, 0.25) is 33.2 Å². The molecule has 0 N–H and O–H groups in total. The molecular weight excluding hydrogens is 535 g/mol. The van der Waals surface area contributed by atoms with Crippen molar-refractivity contribution in [1.82, 2.24) is 4.31 Å². The van der Waals surface area contributed by atoms with Gasteiger partial charge < -0.3 is 0 Å². The molecule has 1 heterocycles. The van der Waals surface area contributed by atoms with Crippen LogP contribution in [0.25, 0.3) is 0 Å². The SMILES string of the molecule is Cc1ccc(S(=O)(=O)N2CC3=C([Si](C(C)C)(C(C)C)C(C)C)C(=O)C([Si](C(C)C)(C(C)C)C(C)C)=C3C2)cc1. The van der Waals surface area contributed by atoms with Crippen LogP contribution in [-0.4, -0.2) is 47.7 Å². The van der Waals surface area contributed by atoms with E-state index in [0.717, 1.165) is 27.1 Å². The molecule has 1 fully saturated rings. The molecule has 0 amide bonds. The Kier molecular flexibility index (Phi) is 9.24. The molecule has 39 heavy (non-hydrogen) atoms. The second-order valence-corrected chi connectivity index (χ2v) is 27.5. The van der Waals surface area contributed by atoms with E-state index in [4.69, 9.17) is 0 Å². The summed E-state index contributed by atoms with van der Waals surface area (Å²) in [6, 6.07) is 7.18. The lowest BCUT2D eigenvalue weighted by Gasteiger charge is -2.47. The first kappa shape index (κ1) is 32.2. The summed E-state index contributed by atoms with van der Waals surface area (Å²) in [7, 11) is -8.40. The highest BCUT2D eigenvalue weighted by Gasteiger charge is 2.59. The number of allylic oxidation sites excluding steroid dienone is 2. The maximum absolute atomic E-state index is 15.1. The Morgan fingerprint density at radius 2 is 0.923 bits per heavy atom. The maximum Gasteiger partial charge on any atom is 0.243 e. The third kappa shape index (κ3) is 4.73. The van der Waals surface area contributed by atoms with Crippen LogP contribution in [0.3, 0.4) is 0 Å². The van der Waals surface area contributed by atoms with Crippen molar-refractivity contribution >= 4 is 32.0 Å². The molecule has 1 aliphatic carbocycles. The standard InChI is InChI=1S/C32H53NO3SSi2/c1-20(2)38(21(3)4,22(5)6)31-28-18-33(37(35,36)27-16-14-26(13)15-17-27)19-29(28)32(30(31)34)39(23(7)8,24(9)10)25(11)12/h14-17,20-25H,18-19H2,1-13H3. The first-order valence-corrected chi connectivity index (χ1v) is 20.9. The van der Waals surface area contributed by atoms with E-state index in [1.807, 2.05) is 19.1 Å². The highest BCUT2D eigenvalue weighted by atomic mass is 32.2. The van der Waals surface area contributed by atoms with Crippen LogP contribution in [0.5, 0.6) is 0 Å². The van der Waals surface area contributed by atoms with Gasteiger partial charge >= 0.3 is 0 Å². The van der Waals surface area contributed by atoms with Gasteiger partial charge in [-0.1, -0.05) is 101 Å². The minimum Gasteiger partial charge on any atom is -0.290 e. The van der Waals surface area contributed by atoms with Crippen molar-refractivity contribution in [2.45, 2.75) is 128 Å². The van der Waals surface area contributed by atoms with E-state index in [-0.39, 0.29) is 0 Å². The molecule has 218 valence electrons. The average Bonchev–Trinajstić information content (AvgIpc) is 3.33. The normalized spacial score (nSPS) is 18.0. The van der Waals surface area contributed by atoms with Gasteiger partial charge in [0.05, 0.1) is 21.0 Å². The molecule has 1 aromatic rings. The molecule has 0 aromatic heterocycles. The van der Waals surface area contributed by atoms with Gasteiger partial charge in [-0.05, 0) is 73.8 Å². The van der Waals surface area contributed by atoms with Gasteiger partial charge in [0.15, 0.2) is 5.78 Å². The van der Waals surface area contributed by atoms with Crippen LogP contribution in [0, 0.1) is 6.92 Å². The molecule has 1 aromatic carbocycles. The summed E-state index contributed by atoms with van der Waals surface area (Å²) < 4.78 is 29.6. The van der Waals surface area contributed by atoms with Gasteiger partial charge in [-0.15, -0.1) is 0 Å². The van der Waals surface area contributed by atoms with Gasteiger partial charge in [-0.2, -0.15) is 4.31 Å². The largest absolute Gasteiger partial charge is 0.290 e. The monoisotopic (exact) mass is 587 g/mol. The van der Waals surface area contributed by atoms with E-state index in [2.05, 4.69) is 83.1 Å². The van der Waals surface area contributed by atoms with Gasteiger partial charge in [0.1, 0.15) is 0 Å². The molecular formula is C32H53NO3SSi2. The molecule has 0 bridgehead atoms. The lowest BCUT2D eigenvalue weighted by atomic mass is 10.2. The molecule has 3 rings (SSSR count). The van der Waals surface area contributed by atoms with Crippen molar-refractivity contribution in [2.24, 2.45) is 0 Å². The summed E-state index contributed by atoms with van der Waals surface area (Å²) in [5, 5.41) is 2.13. The van der Waals surface area contributed by atoms with Crippen molar-refractivity contribution in [3.8, 4) is 0 Å². The third-order valence-electron chi connectivity index (χ3n) is 10.3. The second-order valence-electron chi connectivity index (χ2n) is 13.9. The molecule has 7 heteroatoms. The number of nitrogens with zero attached hydrogens (tertiary/aromatic N) is 1. The molecule has 1 saturated heterocycles. The van der Waals surface area contributed by atoms with Crippen molar-refractivity contribution in [3.63, 3.8) is 0 Å². The molecule has 4 nitrogen and oxygen atoms in total. The summed E-state index contributed by atoms with van der Waals surface area (Å²) in [6.07, 6.45) is 0. The smallest absolute Gasteiger partial charge is 0.243 e. The zero-order valence-corrected chi connectivity index (χ0v) is 29.6. The van der Waals surface area contributed by atoms with Crippen LogP contribution < -0.4 is 0 Å². The van der Waals surface area contributed by atoms with Crippen molar-refractivity contribution in [2.75, 3.05) is 13.1 Å². The number of fused-ring (bicyclic) bond motifs is 1. The van der Waals surface area contributed by atoms with Crippen molar-refractivity contribution in [3.05, 3.63) is 51.4 Å². The van der Waals surface area contributed by atoms with E-state index in [1.54, 1.807) is 16.4 Å². The van der Waals surface area contributed by atoms with Gasteiger partial charge in [-0.25, -0.2) is 8.42 Å². The number of sulfonamides is 1. The molecule has 0 atom stereocenters. The van der Waals surface area contributed by atoms with Crippen molar-refractivity contribution < 1.29 is 13.2 Å². The molecule has 0 unspecified atom stereocenters. The van der Waals surface area contributed by atoms with Gasteiger partial charge in [0.2, 0.25) is 10.0 Å². The maximum atomic E-state index is 15.1. The Labute approximate surface area is 241 Å². The number of hydrogen-bond donors (Lipinski definition) is 0. The Morgan fingerprint density at radius 1 is 0.615 bits per heavy atom. The van der Waals surface area contributed by atoms with Crippen LogP contribution in [0.4, 0.5) is 0 Å². The Bertz CT molecular complexity index is 1170. The average molecular weight is 588 g/mol. The lowest BCUT2D eigenvalue weighted by molar-refractivity contribution is -0.111. The Hall–Kier alpha value is -1.29. The van der Waals surface area contributed by atoms with Crippen LogP contribution in [0.15, 0.2) is 50.7 Å². The topological polar surface area (TPSA) is 54.5 Å². The number of ketones is 1. The number of rotatable bonds is 10. The van der Waals surface area contributed by atoms with E-state index in [9.17, 15) is 8.42 Å². The third-order valence-corrected chi connectivity index (χ3v) is 26.4. The van der Waals surface area contributed by atoms with Crippen LogP contribution >= 0.6 is 0 Å². The minimum absolute atomic E-state index is 0.304. The summed E-state index contributed by atoms with van der Waals surface area (Å²) in [5.74, 6) is 0.304. The summed E-state index contributed by atoms with van der Waals surface area (Å²) >= 11 is 0. The highest BCUT2D eigenvalue weighted by Crippen LogP contribution is 2.57. The molecule has 1 aliphatic heterocycles. The molecule has 0 spiro atoms. The van der Waals surface area contributed by atoms with E-state index < -0.39 is 26.2 Å². The predicted octanol–water partition coefficient (Wildman–Crippen LogP) is 8.61. The van der Waals surface area contributed by atoms with Crippen molar-refractivity contribution in [1.29, 1.82) is 0 Å². The Balaban J connectivity index is 2.41. The fourth-order valence-corrected chi connectivity index (χ4v) is 24.6. The number of carbonyl (C=O) groups is 1. The summed E-state index contributed by atoms with van der Waals surface area (Å²) in [5.41, 5.74) is 5.44. The first-order valence-electron chi connectivity index (χ1n) is 15.0. The van der Waals surface area contributed by atoms with E-state index in [1.165, 1.54) is 0 Å². The minimum atomic E-state index is -3.69. The number of carbonyl (C=O) groups excluding carboxylic acids is 1. The quantitative estimate of drug-likeness (QED) is 0.258. The second kappa shape index (κ2) is 11.2. The summed E-state index contributed by atoms with van der Waals surface area (Å²) in [4.78, 5) is 15.4. The number of hydrogen-bond acceptors (Lipinski definition) is 3. The summed E-state index contributed by atoms with van der Waals surface area (Å²) in [6.45, 7) is 30.3. The van der Waals surface area contributed by atoms with E-state index in [0.29, 0.717) is 57.0 Å². The van der Waals surface area contributed by atoms with Crippen LogP contribution in [-0.2, 0) is 14.8 Å². The molecule has 0 radical (unpaired) electrons. The first-order chi connectivity index (χ1) is 17.9. The Morgan fingerprint density at radius 3 is 1.21 bits per heavy atom. The number of benzene rings is 1. The fourth-order valence-electron chi connectivity index (χ4n) is 9.14. The lowest BCUT2D eigenvalue weighted by Crippen LogP contribution is -2.53. The zero-order valence-electron chi connectivity index (χ0n) is 26.8. The zero-order chi connectivity index (χ0) is 29.8. The molecule has 2 aliphatic rings. The highest BCUT2D eigenvalue weighted by molar-refractivity contribution is 7.89. The van der Waals surface area contributed by atoms with Gasteiger partial charge in [0, 0.05) is 13.1 Å². The fraction of sp³-hybridized carbons (Fsp3) is 0.656. The van der Waals surface area contributed by atoms with Gasteiger partial charge in [0.25, 0.3) is 0 Å². The number of aryl methyl sites for hydroxylation is 1. The van der Waals surface area contributed by atoms with E-state index >= 15 is 4.79 Å². The van der Waals surface area contributed by atoms with Crippen LogP contribution in [0.1, 0.15) is 88.6 Å².